The van der Waals surface area contributed by atoms with Gasteiger partial charge in [-0.1, -0.05) is 18.2 Å². The predicted molar refractivity (Wildman–Crippen MR) is 126 cm³/mol. The van der Waals surface area contributed by atoms with Crippen molar-refractivity contribution in [3.63, 3.8) is 0 Å². The molecule has 0 unspecified atom stereocenters. The second-order valence-electron chi connectivity index (χ2n) is 8.15. The molecule has 0 saturated heterocycles. The van der Waals surface area contributed by atoms with E-state index in [2.05, 4.69) is 15.0 Å². The first-order chi connectivity index (χ1) is 16.4. The highest BCUT2D eigenvalue weighted by Gasteiger charge is 2.29. The normalized spacial score (nSPS) is 14.5. The Labute approximate surface area is 197 Å². The smallest absolute Gasteiger partial charge is 0.481 e. The highest BCUT2D eigenvalue weighted by atomic mass is 32.2. The first-order valence-electron chi connectivity index (χ1n) is 10.8. The van der Waals surface area contributed by atoms with Gasteiger partial charge in [0.2, 0.25) is 5.88 Å². The summed E-state index contributed by atoms with van der Waals surface area (Å²) in [5.74, 6) is 0.432. The fourth-order valence-corrected chi connectivity index (χ4v) is 5.39. The zero-order valence-electron chi connectivity index (χ0n) is 18.4. The molecule has 2 amide bonds. The molecule has 34 heavy (non-hydrogen) atoms. The Hall–Kier alpha value is -3.41. The quantitative estimate of drug-likeness (QED) is 0.478. The minimum atomic E-state index is -4.15. The van der Waals surface area contributed by atoms with E-state index in [1.807, 2.05) is 12.1 Å². The molecule has 2 aliphatic rings. The third-order valence-corrected chi connectivity index (χ3v) is 7.42. The molecule has 0 saturated carbocycles. The summed E-state index contributed by atoms with van der Waals surface area (Å²) in [4.78, 5) is 16.9. The Morgan fingerprint density at radius 3 is 2.82 bits per heavy atom. The zero-order chi connectivity index (χ0) is 23.9. The Morgan fingerprint density at radius 1 is 1.15 bits per heavy atom. The van der Waals surface area contributed by atoms with Crippen molar-refractivity contribution < 1.29 is 27.6 Å². The van der Waals surface area contributed by atoms with Crippen LogP contribution in [0.25, 0.3) is 11.1 Å². The Morgan fingerprint density at radius 2 is 2.00 bits per heavy atom. The molecule has 1 aliphatic carbocycles. The minimum Gasteiger partial charge on any atom is -0.481 e. The standard InChI is InChI=1S/C23H22BN3O6S/c1-32-21-12-15(9-10-25-21)19-7-5-14-3-2-4-18(14)22(19)26-23(28)27-34(30,31)17-6-8-20-16(11-17)13-33-24(20)29/h5-12,29H,2-4,13H2,1H3,(H2,26,27,28). The summed E-state index contributed by atoms with van der Waals surface area (Å²) in [6, 6.07) is 10.9. The van der Waals surface area contributed by atoms with Gasteiger partial charge in [-0.2, -0.15) is 0 Å². The topological polar surface area (TPSA) is 127 Å². The molecule has 1 aromatic heterocycles. The van der Waals surface area contributed by atoms with Crippen molar-refractivity contribution in [1.82, 2.24) is 9.71 Å². The van der Waals surface area contributed by atoms with Crippen molar-refractivity contribution in [2.24, 2.45) is 0 Å². The van der Waals surface area contributed by atoms with Crippen LogP contribution in [-0.2, 0) is 34.1 Å². The molecule has 0 fully saturated rings. The number of sulfonamides is 1. The van der Waals surface area contributed by atoms with Crippen LogP contribution >= 0.6 is 0 Å². The van der Waals surface area contributed by atoms with E-state index in [1.54, 1.807) is 18.3 Å². The van der Waals surface area contributed by atoms with Crippen molar-refractivity contribution >= 4 is 34.3 Å². The molecular formula is C23H22BN3O6S. The molecule has 2 aromatic carbocycles. The van der Waals surface area contributed by atoms with Crippen molar-refractivity contribution in [1.29, 1.82) is 0 Å². The van der Waals surface area contributed by atoms with E-state index >= 15 is 0 Å². The first kappa shape index (κ1) is 22.4. The number of fused-ring (bicyclic) bond motifs is 2. The maximum absolute atomic E-state index is 12.9. The average Bonchev–Trinajstić information content (AvgIpc) is 3.45. The van der Waals surface area contributed by atoms with Crippen molar-refractivity contribution in [3.05, 3.63) is 65.4 Å². The molecule has 0 atom stereocenters. The maximum Gasteiger partial charge on any atom is 0.491 e. The molecular weight excluding hydrogens is 457 g/mol. The number of benzene rings is 2. The maximum atomic E-state index is 12.9. The van der Waals surface area contributed by atoms with Crippen molar-refractivity contribution in [3.8, 4) is 17.0 Å². The summed E-state index contributed by atoms with van der Waals surface area (Å²) < 4.78 is 38.2. The van der Waals surface area contributed by atoms with Crippen LogP contribution in [0.3, 0.4) is 0 Å². The van der Waals surface area contributed by atoms with Crippen LogP contribution in [-0.4, -0.2) is 38.7 Å². The lowest BCUT2D eigenvalue weighted by atomic mass is 9.80. The molecule has 0 spiro atoms. The van der Waals surface area contributed by atoms with Crippen LogP contribution in [0.4, 0.5) is 10.5 Å². The number of hydrogen-bond donors (Lipinski definition) is 3. The number of ether oxygens (including phenoxy) is 1. The number of urea groups is 1. The summed E-state index contributed by atoms with van der Waals surface area (Å²) in [7, 11) is -3.70. The van der Waals surface area contributed by atoms with Crippen LogP contribution in [0.1, 0.15) is 23.1 Å². The number of aryl methyl sites for hydroxylation is 1. The van der Waals surface area contributed by atoms with Gasteiger partial charge in [0.1, 0.15) is 0 Å². The van der Waals surface area contributed by atoms with Gasteiger partial charge in [0.25, 0.3) is 10.0 Å². The van der Waals surface area contributed by atoms with E-state index in [0.717, 1.165) is 41.5 Å². The second kappa shape index (κ2) is 8.75. The van der Waals surface area contributed by atoms with Gasteiger partial charge in [-0.05, 0) is 65.2 Å². The van der Waals surface area contributed by atoms with E-state index in [4.69, 9.17) is 9.39 Å². The predicted octanol–water partition coefficient (Wildman–Crippen LogP) is 1.97. The highest BCUT2D eigenvalue weighted by Crippen LogP contribution is 2.38. The number of amides is 2. The molecule has 11 heteroatoms. The average molecular weight is 479 g/mol. The summed E-state index contributed by atoms with van der Waals surface area (Å²) in [6.07, 6.45) is 4.24. The van der Waals surface area contributed by atoms with Crippen LogP contribution < -0.4 is 20.2 Å². The summed E-state index contributed by atoms with van der Waals surface area (Å²) in [6.45, 7) is 0.0982. The third-order valence-electron chi connectivity index (χ3n) is 6.09. The highest BCUT2D eigenvalue weighted by molar-refractivity contribution is 7.90. The number of carbonyl (C=O) groups excluding carboxylic acids is 1. The lowest BCUT2D eigenvalue weighted by molar-refractivity contribution is 0.256. The summed E-state index contributed by atoms with van der Waals surface area (Å²) in [5, 5.41) is 12.5. The van der Waals surface area contributed by atoms with Gasteiger partial charge >= 0.3 is 13.1 Å². The molecule has 2 heterocycles. The van der Waals surface area contributed by atoms with E-state index in [0.29, 0.717) is 22.6 Å². The summed E-state index contributed by atoms with van der Waals surface area (Å²) in [5.41, 5.74) is 5.30. The lowest BCUT2D eigenvalue weighted by Crippen LogP contribution is -2.35. The Balaban J connectivity index is 1.44. The third kappa shape index (κ3) is 4.13. The number of hydrogen-bond acceptors (Lipinski definition) is 7. The van der Waals surface area contributed by atoms with E-state index in [9.17, 15) is 18.2 Å². The number of carbonyl (C=O) groups is 1. The van der Waals surface area contributed by atoms with Gasteiger partial charge in [-0.25, -0.2) is 22.9 Å². The number of anilines is 1. The molecule has 174 valence electrons. The van der Waals surface area contributed by atoms with Gasteiger partial charge < -0.3 is 19.7 Å². The van der Waals surface area contributed by atoms with Crippen molar-refractivity contribution in [2.75, 3.05) is 12.4 Å². The number of aromatic nitrogens is 1. The van der Waals surface area contributed by atoms with Crippen LogP contribution in [0.2, 0.25) is 0 Å². The van der Waals surface area contributed by atoms with Gasteiger partial charge in [0.05, 0.1) is 24.3 Å². The second-order valence-corrected chi connectivity index (χ2v) is 9.83. The van der Waals surface area contributed by atoms with Gasteiger partial charge in [-0.3, -0.25) is 0 Å². The van der Waals surface area contributed by atoms with Gasteiger partial charge in [0.15, 0.2) is 0 Å². The Kier molecular flexibility index (Phi) is 5.76. The summed E-state index contributed by atoms with van der Waals surface area (Å²) >= 11 is 0. The number of pyridine rings is 1. The fourth-order valence-electron chi connectivity index (χ4n) is 4.43. The molecule has 3 N–H and O–H groups in total. The Bertz CT molecular complexity index is 1400. The number of rotatable bonds is 5. The molecule has 1 aliphatic heterocycles. The molecule has 9 nitrogen and oxygen atoms in total. The van der Waals surface area contributed by atoms with E-state index in [1.165, 1.54) is 25.3 Å². The van der Waals surface area contributed by atoms with Gasteiger partial charge in [0, 0.05) is 17.8 Å². The first-order valence-corrected chi connectivity index (χ1v) is 12.3. The number of nitrogens with zero attached hydrogens (tertiary/aromatic N) is 1. The van der Waals surface area contributed by atoms with Crippen LogP contribution in [0, 0.1) is 0 Å². The fraction of sp³-hybridized carbons (Fsp3) is 0.217. The van der Waals surface area contributed by atoms with Crippen LogP contribution in [0.5, 0.6) is 5.88 Å². The van der Waals surface area contributed by atoms with Crippen LogP contribution in [0.15, 0.2) is 53.6 Å². The molecule has 0 bridgehead atoms. The van der Waals surface area contributed by atoms with E-state index < -0.39 is 23.2 Å². The SMILES string of the molecule is COc1cc(-c2ccc3c(c2NC(=O)NS(=O)(=O)c2ccc4c(c2)COB4O)CCC3)ccn1. The van der Waals surface area contributed by atoms with E-state index in [-0.39, 0.29) is 11.5 Å². The molecule has 3 aromatic rings. The molecule has 5 rings (SSSR count). The number of nitrogens with one attached hydrogen (secondary N) is 2. The zero-order valence-corrected chi connectivity index (χ0v) is 19.2. The molecule has 0 radical (unpaired) electrons. The number of methoxy groups -OCH3 is 1. The van der Waals surface area contributed by atoms with Crippen molar-refractivity contribution in [2.45, 2.75) is 30.8 Å². The minimum absolute atomic E-state index is 0.0866. The largest absolute Gasteiger partial charge is 0.491 e. The van der Waals surface area contributed by atoms with Gasteiger partial charge in [-0.15, -0.1) is 0 Å². The monoisotopic (exact) mass is 479 g/mol. The lowest BCUT2D eigenvalue weighted by Gasteiger charge is -2.17.